The molecule has 0 saturated heterocycles. The van der Waals surface area contributed by atoms with E-state index in [-0.39, 0.29) is 5.91 Å². The van der Waals surface area contributed by atoms with Gasteiger partial charge in [-0.05, 0) is 55.3 Å². The van der Waals surface area contributed by atoms with E-state index in [1.165, 1.54) is 0 Å². The van der Waals surface area contributed by atoms with Gasteiger partial charge >= 0.3 is 6.03 Å². The van der Waals surface area contributed by atoms with Crippen molar-refractivity contribution in [2.45, 2.75) is 18.9 Å². The SMILES string of the molecule is O=C(Nc1ccc(C(=O)NC2CC2)cc1)Nc1ccc(Cl)cc1Cl. The molecule has 1 aliphatic rings. The molecule has 1 aliphatic carbocycles. The Kier molecular flexibility index (Phi) is 4.92. The fourth-order valence-corrected chi connectivity index (χ4v) is 2.53. The van der Waals surface area contributed by atoms with E-state index >= 15 is 0 Å². The minimum absolute atomic E-state index is 0.0959. The normalized spacial score (nSPS) is 13.2. The van der Waals surface area contributed by atoms with Crippen molar-refractivity contribution in [1.29, 1.82) is 0 Å². The third kappa shape index (κ3) is 4.40. The number of urea groups is 1. The van der Waals surface area contributed by atoms with Gasteiger partial charge in [0.05, 0.1) is 10.7 Å². The first-order valence-electron chi connectivity index (χ1n) is 7.45. The minimum atomic E-state index is -0.436. The van der Waals surface area contributed by atoms with Crippen LogP contribution in [-0.2, 0) is 0 Å². The summed E-state index contributed by atoms with van der Waals surface area (Å²) in [7, 11) is 0. The molecule has 0 atom stereocenters. The van der Waals surface area contributed by atoms with Gasteiger partial charge in [-0.1, -0.05) is 23.2 Å². The maximum atomic E-state index is 12.0. The van der Waals surface area contributed by atoms with E-state index in [1.54, 1.807) is 42.5 Å². The molecule has 7 heteroatoms. The fourth-order valence-electron chi connectivity index (χ4n) is 2.08. The Morgan fingerprint density at radius 3 is 2.29 bits per heavy atom. The summed E-state index contributed by atoms with van der Waals surface area (Å²) in [5.74, 6) is -0.0959. The second-order valence-corrected chi connectivity index (χ2v) is 6.37. The lowest BCUT2D eigenvalue weighted by molar-refractivity contribution is 0.0951. The van der Waals surface area contributed by atoms with Crippen molar-refractivity contribution in [2.24, 2.45) is 0 Å². The summed E-state index contributed by atoms with van der Waals surface area (Å²) < 4.78 is 0. The van der Waals surface area contributed by atoms with Crippen molar-refractivity contribution in [3.05, 3.63) is 58.1 Å². The van der Waals surface area contributed by atoms with E-state index in [9.17, 15) is 9.59 Å². The minimum Gasteiger partial charge on any atom is -0.349 e. The largest absolute Gasteiger partial charge is 0.349 e. The van der Waals surface area contributed by atoms with Crippen LogP contribution < -0.4 is 16.0 Å². The van der Waals surface area contributed by atoms with Gasteiger partial charge in [0, 0.05) is 22.3 Å². The van der Waals surface area contributed by atoms with Gasteiger partial charge in [-0.25, -0.2) is 4.79 Å². The van der Waals surface area contributed by atoms with Gasteiger partial charge in [0.15, 0.2) is 0 Å². The molecule has 3 amide bonds. The number of rotatable bonds is 4. The maximum Gasteiger partial charge on any atom is 0.323 e. The molecule has 5 nitrogen and oxygen atoms in total. The number of nitrogens with one attached hydrogen (secondary N) is 3. The predicted molar refractivity (Wildman–Crippen MR) is 96.0 cm³/mol. The molecule has 0 unspecified atom stereocenters. The van der Waals surface area contributed by atoms with E-state index < -0.39 is 6.03 Å². The number of anilines is 2. The molecule has 0 radical (unpaired) electrons. The molecule has 0 aromatic heterocycles. The number of hydrogen-bond donors (Lipinski definition) is 3. The van der Waals surface area contributed by atoms with E-state index in [0.717, 1.165) is 12.8 Å². The van der Waals surface area contributed by atoms with Gasteiger partial charge in [0.25, 0.3) is 5.91 Å². The molecule has 0 aliphatic heterocycles. The number of halogens is 2. The van der Waals surface area contributed by atoms with Crippen molar-refractivity contribution < 1.29 is 9.59 Å². The molecule has 1 saturated carbocycles. The van der Waals surface area contributed by atoms with E-state index in [4.69, 9.17) is 23.2 Å². The van der Waals surface area contributed by atoms with Crippen molar-refractivity contribution >= 4 is 46.5 Å². The highest BCUT2D eigenvalue weighted by atomic mass is 35.5. The molecule has 0 heterocycles. The highest BCUT2D eigenvalue weighted by molar-refractivity contribution is 6.36. The molecule has 2 aromatic rings. The highest BCUT2D eigenvalue weighted by Crippen LogP contribution is 2.25. The zero-order valence-electron chi connectivity index (χ0n) is 12.6. The van der Waals surface area contributed by atoms with E-state index in [2.05, 4.69) is 16.0 Å². The summed E-state index contributed by atoms with van der Waals surface area (Å²) in [5, 5.41) is 9.07. The number of carbonyl (C=O) groups excluding carboxylic acids is 2. The number of amides is 3. The van der Waals surface area contributed by atoms with Crippen LogP contribution in [0.1, 0.15) is 23.2 Å². The number of hydrogen-bond acceptors (Lipinski definition) is 2. The summed E-state index contributed by atoms with van der Waals surface area (Å²) in [6, 6.07) is 11.4. The standard InChI is InChI=1S/C17H15Cl2N3O2/c18-11-3-8-15(14(19)9-11)22-17(24)21-13-4-1-10(2-5-13)16(23)20-12-6-7-12/h1-5,8-9,12H,6-7H2,(H,20,23)(H2,21,22,24). The first-order chi connectivity index (χ1) is 11.5. The van der Waals surface area contributed by atoms with Gasteiger partial charge in [-0.2, -0.15) is 0 Å². The van der Waals surface area contributed by atoms with Crippen LogP contribution in [0, 0.1) is 0 Å². The zero-order chi connectivity index (χ0) is 17.1. The lowest BCUT2D eigenvalue weighted by Crippen LogP contribution is -2.25. The molecular formula is C17H15Cl2N3O2. The van der Waals surface area contributed by atoms with Gasteiger partial charge in [0.1, 0.15) is 0 Å². The van der Waals surface area contributed by atoms with Crippen LogP contribution in [0.4, 0.5) is 16.2 Å². The summed E-state index contributed by atoms with van der Waals surface area (Å²) in [5.41, 5.74) is 1.59. The van der Waals surface area contributed by atoms with Gasteiger partial charge in [-0.15, -0.1) is 0 Å². The van der Waals surface area contributed by atoms with Crippen molar-refractivity contribution in [1.82, 2.24) is 5.32 Å². The Bertz CT molecular complexity index is 774. The van der Waals surface area contributed by atoms with Crippen molar-refractivity contribution in [2.75, 3.05) is 10.6 Å². The van der Waals surface area contributed by atoms with E-state index in [1.807, 2.05) is 0 Å². The molecule has 3 rings (SSSR count). The molecule has 3 N–H and O–H groups in total. The van der Waals surface area contributed by atoms with Crippen LogP contribution in [-0.4, -0.2) is 18.0 Å². The Balaban J connectivity index is 1.58. The monoisotopic (exact) mass is 363 g/mol. The van der Waals surface area contributed by atoms with Crippen molar-refractivity contribution in [3.8, 4) is 0 Å². The summed E-state index contributed by atoms with van der Waals surface area (Å²) in [6.07, 6.45) is 2.08. The third-order valence-corrected chi connectivity index (χ3v) is 4.04. The maximum absolute atomic E-state index is 12.0. The first kappa shape index (κ1) is 16.6. The molecule has 0 spiro atoms. The lowest BCUT2D eigenvalue weighted by Gasteiger charge is -2.10. The van der Waals surface area contributed by atoms with Crippen LogP contribution in [0.2, 0.25) is 10.0 Å². The lowest BCUT2D eigenvalue weighted by atomic mass is 10.2. The molecule has 124 valence electrons. The van der Waals surface area contributed by atoms with Gasteiger partial charge < -0.3 is 16.0 Å². The topological polar surface area (TPSA) is 70.2 Å². The smallest absolute Gasteiger partial charge is 0.323 e. The zero-order valence-corrected chi connectivity index (χ0v) is 14.1. The fraction of sp³-hybridized carbons (Fsp3) is 0.176. The van der Waals surface area contributed by atoms with Crippen LogP contribution in [0.25, 0.3) is 0 Å². The van der Waals surface area contributed by atoms with Crippen LogP contribution in [0.15, 0.2) is 42.5 Å². The average molecular weight is 364 g/mol. The molecule has 0 bridgehead atoms. The second kappa shape index (κ2) is 7.11. The van der Waals surface area contributed by atoms with Crippen LogP contribution >= 0.6 is 23.2 Å². The molecular weight excluding hydrogens is 349 g/mol. The van der Waals surface area contributed by atoms with Gasteiger partial charge in [-0.3, -0.25) is 4.79 Å². The molecule has 1 fully saturated rings. The summed E-state index contributed by atoms with van der Waals surface area (Å²) >= 11 is 11.8. The van der Waals surface area contributed by atoms with Crippen LogP contribution in [0.5, 0.6) is 0 Å². The Hall–Kier alpha value is -2.24. The van der Waals surface area contributed by atoms with Gasteiger partial charge in [0.2, 0.25) is 0 Å². The van der Waals surface area contributed by atoms with Crippen LogP contribution in [0.3, 0.4) is 0 Å². The van der Waals surface area contributed by atoms with E-state index in [0.29, 0.717) is 33.0 Å². The Morgan fingerprint density at radius 1 is 0.958 bits per heavy atom. The summed E-state index contributed by atoms with van der Waals surface area (Å²) in [6.45, 7) is 0. The molecule has 24 heavy (non-hydrogen) atoms. The number of benzene rings is 2. The summed E-state index contributed by atoms with van der Waals surface area (Å²) in [4.78, 5) is 23.9. The quantitative estimate of drug-likeness (QED) is 0.746. The third-order valence-electron chi connectivity index (χ3n) is 3.50. The second-order valence-electron chi connectivity index (χ2n) is 5.53. The average Bonchev–Trinajstić information content (AvgIpc) is 3.35. The molecule has 2 aromatic carbocycles. The Morgan fingerprint density at radius 2 is 1.67 bits per heavy atom. The predicted octanol–water partition coefficient (Wildman–Crippen LogP) is 4.53. The van der Waals surface area contributed by atoms with Crippen molar-refractivity contribution in [3.63, 3.8) is 0 Å². The number of carbonyl (C=O) groups is 2. The Labute approximate surface area is 149 Å². The highest BCUT2D eigenvalue weighted by Gasteiger charge is 2.23. The first-order valence-corrected chi connectivity index (χ1v) is 8.21.